The maximum atomic E-state index is 12.1. The van der Waals surface area contributed by atoms with Crippen molar-refractivity contribution in [2.45, 2.75) is 31.6 Å². The molecule has 2 aromatic rings. The van der Waals surface area contributed by atoms with E-state index in [2.05, 4.69) is 37.3 Å². The van der Waals surface area contributed by atoms with E-state index in [0.29, 0.717) is 6.61 Å². The van der Waals surface area contributed by atoms with Crippen molar-refractivity contribution in [3.8, 4) is 16.9 Å². The van der Waals surface area contributed by atoms with Crippen LogP contribution in [0.5, 0.6) is 5.75 Å². The summed E-state index contributed by atoms with van der Waals surface area (Å²) >= 11 is 1.78. The minimum atomic E-state index is -0.205. The van der Waals surface area contributed by atoms with Gasteiger partial charge in [0.1, 0.15) is 5.75 Å². The summed E-state index contributed by atoms with van der Waals surface area (Å²) in [6, 6.07) is 14.6. The van der Waals surface area contributed by atoms with Gasteiger partial charge in [0.2, 0.25) is 0 Å². The molecule has 0 aliphatic carbocycles. The van der Waals surface area contributed by atoms with Gasteiger partial charge >= 0.3 is 5.97 Å². The van der Waals surface area contributed by atoms with Gasteiger partial charge in [-0.2, -0.15) is 0 Å². The molecule has 0 atom stereocenters. The second-order valence-corrected chi connectivity index (χ2v) is 7.25. The Hall–Kier alpha value is -2.20. The smallest absolute Gasteiger partial charge is 0.334 e. The van der Waals surface area contributed by atoms with Gasteiger partial charge in [-0.05, 0) is 66.8 Å². The highest BCUT2D eigenvalue weighted by Crippen LogP contribution is 2.34. The van der Waals surface area contributed by atoms with E-state index in [9.17, 15) is 4.79 Å². The van der Waals surface area contributed by atoms with E-state index in [1.807, 2.05) is 25.1 Å². The molecule has 136 valence electrons. The molecule has 0 saturated carbocycles. The van der Waals surface area contributed by atoms with Crippen LogP contribution in [0.4, 0.5) is 0 Å². The zero-order chi connectivity index (χ0) is 18.4. The predicted octanol–water partition coefficient (Wildman–Crippen LogP) is 5.58. The molecule has 1 aliphatic rings. The van der Waals surface area contributed by atoms with Gasteiger partial charge in [-0.1, -0.05) is 25.1 Å². The van der Waals surface area contributed by atoms with Crippen LogP contribution in [0, 0.1) is 0 Å². The molecule has 2 aromatic carbocycles. The summed E-state index contributed by atoms with van der Waals surface area (Å²) in [6.45, 7) is 5.07. The molecular formula is C22H24O3S. The first-order valence-corrected chi connectivity index (χ1v) is 10.1. The van der Waals surface area contributed by atoms with Gasteiger partial charge in [0, 0.05) is 16.2 Å². The molecule has 4 heteroatoms. The highest BCUT2D eigenvalue weighted by atomic mass is 32.2. The van der Waals surface area contributed by atoms with E-state index in [1.54, 1.807) is 11.8 Å². The van der Waals surface area contributed by atoms with Crippen molar-refractivity contribution in [2.24, 2.45) is 0 Å². The largest absolute Gasteiger partial charge is 0.494 e. The zero-order valence-corrected chi connectivity index (χ0v) is 16.1. The van der Waals surface area contributed by atoms with Crippen molar-refractivity contribution >= 4 is 23.8 Å². The molecule has 3 rings (SSSR count). The van der Waals surface area contributed by atoms with Crippen molar-refractivity contribution in [3.63, 3.8) is 0 Å². The first-order chi connectivity index (χ1) is 12.7. The molecule has 0 radical (unpaired) electrons. The second kappa shape index (κ2) is 8.95. The highest BCUT2D eigenvalue weighted by Gasteiger charge is 2.16. The molecular weight excluding hydrogens is 344 g/mol. The van der Waals surface area contributed by atoms with Crippen LogP contribution >= 0.6 is 11.8 Å². The van der Waals surface area contributed by atoms with E-state index in [4.69, 9.17) is 9.47 Å². The third-order valence-electron chi connectivity index (χ3n) is 4.17. The number of benzene rings is 2. The zero-order valence-electron chi connectivity index (χ0n) is 15.3. The summed E-state index contributed by atoms with van der Waals surface area (Å²) in [5.41, 5.74) is 4.10. The van der Waals surface area contributed by atoms with Gasteiger partial charge in [-0.25, -0.2) is 4.79 Å². The number of fused-ring (bicyclic) bond motifs is 1. The van der Waals surface area contributed by atoms with Crippen LogP contribution in [-0.2, 0) is 9.53 Å². The minimum Gasteiger partial charge on any atom is -0.494 e. The van der Waals surface area contributed by atoms with Crippen LogP contribution in [0.1, 0.15) is 32.3 Å². The Bertz CT molecular complexity index is 794. The lowest BCUT2D eigenvalue weighted by Gasteiger charge is -2.09. The number of esters is 1. The second-order valence-electron chi connectivity index (χ2n) is 6.11. The van der Waals surface area contributed by atoms with Gasteiger partial charge in [0.05, 0.1) is 13.2 Å². The molecule has 0 fully saturated rings. The van der Waals surface area contributed by atoms with Gasteiger partial charge in [-0.15, -0.1) is 11.8 Å². The van der Waals surface area contributed by atoms with E-state index in [0.717, 1.165) is 53.2 Å². The van der Waals surface area contributed by atoms with Gasteiger partial charge < -0.3 is 9.47 Å². The quantitative estimate of drug-likeness (QED) is 0.623. The van der Waals surface area contributed by atoms with Crippen LogP contribution in [0.15, 0.2) is 52.9 Å². The summed E-state index contributed by atoms with van der Waals surface area (Å²) < 4.78 is 10.8. The molecule has 0 bridgehead atoms. The molecule has 1 aliphatic heterocycles. The number of rotatable bonds is 6. The lowest BCUT2D eigenvalue weighted by Crippen LogP contribution is -2.07. The van der Waals surface area contributed by atoms with Crippen molar-refractivity contribution < 1.29 is 14.3 Å². The predicted molar refractivity (Wildman–Crippen MR) is 108 cm³/mol. The first-order valence-electron chi connectivity index (χ1n) is 9.09. The van der Waals surface area contributed by atoms with Crippen LogP contribution < -0.4 is 4.74 Å². The van der Waals surface area contributed by atoms with Gasteiger partial charge in [-0.3, -0.25) is 0 Å². The average Bonchev–Trinajstić information content (AvgIpc) is 2.89. The summed E-state index contributed by atoms with van der Waals surface area (Å²) in [5.74, 6) is 1.58. The number of thioether (sulfide) groups is 1. The van der Waals surface area contributed by atoms with Gasteiger partial charge in [0.15, 0.2) is 0 Å². The summed E-state index contributed by atoms with van der Waals surface area (Å²) in [6.07, 6.45) is 3.71. The van der Waals surface area contributed by atoms with E-state index >= 15 is 0 Å². The molecule has 26 heavy (non-hydrogen) atoms. The Morgan fingerprint density at radius 1 is 1.08 bits per heavy atom. The Morgan fingerprint density at radius 2 is 1.85 bits per heavy atom. The van der Waals surface area contributed by atoms with E-state index in [1.165, 1.54) is 4.90 Å². The van der Waals surface area contributed by atoms with Crippen LogP contribution in [0.2, 0.25) is 0 Å². The lowest BCUT2D eigenvalue weighted by molar-refractivity contribution is -0.138. The highest BCUT2D eigenvalue weighted by molar-refractivity contribution is 7.99. The van der Waals surface area contributed by atoms with Crippen molar-refractivity contribution in [1.29, 1.82) is 0 Å². The Labute approximate surface area is 159 Å². The summed E-state index contributed by atoms with van der Waals surface area (Å²) in [5, 5.41) is 0. The fourth-order valence-corrected chi connectivity index (χ4v) is 3.84. The average molecular weight is 368 g/mol. The Balaban J connectivity index is 1.87. The molecule has 0 saturated heterocycles. The van der Waals surface area contributed by atoms with E-state index < -0.39 is 0 Å². The maximum Gasteiger partial charge on any atom is 0.334 e. The monoisotopic (exact) mass is 368 g/mol. The van der Waals surface area contributed by atoms with Crippen LogP contribution in [0.3, 0.4) is 0 Å². The Kier molecular flexibility index (Phi) is 6.40. The molecule has 0 unspecified atom stereocenters. The van der Waals surface area contributed by atoms with Crippen LogP contribution in [0.25, 0.3) is 17.2 Å². The van der Waals surface area contributed by atoms with E-state index in [-0.39, 0.29) is 5.97 Å². The maximum absolute atomic E-state index is 12.1. The first kappa shape index (κ1) is 18.6. The number of hydrogen-bond donors (Lipinski definition) is 0. The summed E-state index contributed by atoms with van der Waals surface area (Å²) in [7, 11) is 0. The third kappa shape index (κ3) is 4.50. The van der Waals surface area contributed by atoms with Crippen molar-refractivity contribution in [3.05, 3.63) is 53.6 Å². The Morgan fingerprint density at radius 3 is 2.58 bits per heavy atom. The number of carbonyl (C=O) groups is 1. The normalized spacial score (nSPS) is 13.4. The number of carbonyl (C=O) groups excluding carboxylic acids is 1. The van der Waals surface area contributed by atoms with Crippen LogP contribution in [-0.4, -0.2) is 24.9 Å². The molecule has 3 nitrogen and oxygen atoms in total. The standard InChI is InChI=1S/C22H24O3S/c1-3-12-25-20-8-5-16(6-9-20)17-7-10-21-19(14-17)15-18(11-13-26-21)22(23)24-4-2/h5-10,14-15H,3-4,11-13H2,1-2H3. The molecule has 0 N–H and O–H groups in total. The summed E-state index contributed by atoms with van der Waals surface area (Å²) in [4.78, 5) is 13.3. The SMILES string of the molecule is CCCOc1ccc(-c2ccc3c(c2)C=C(C(=O)OCC)CCS3)cc1. The van der Waals surface area contributed by atoms with Crippen molar-refractivity contribution in [2.75, 3.05) is 19.0 Å². The number of ether oxygens (including phenoxy) is 2. The third-order valence-corrected chi connectivity index (χ3v) is 5.26. The topological polar surface area (TPSA) is 35.5 Å². The fraction of sp³-hybridized carbons (Fsp3) is 0.318. The lowest BCUT2D eigenvalue weighted by atomic mass is 10.0. The minimum absolute atomic E-state index is 0.205. The van der Waals surface area contributed by atoms with Gasteiger partial charge in [0.25, 0.3) is 0 Å². The molecule has 0 spiro atoms. The van der Waals surface area contributed by atoms with Crippen molar-refractivity contribution in [1.82, 2.24) is 0 Å². The molecule has 1 heterocycles. The fourth-order valence-electron chi connectivity index (χ4n) is 2.85. The molecule has 0 aromatic heterocycles. The molecule has 0 amide bonds. The number of hydrogen-bond acceptors (Lipinski definition) is 4.